The van der Waals surface area contributed by atoms with E-state index in [1.807, 2.05) is 26.2 Å². The highest BCUT2D eigenvalue weighted by atomic mass is 16.7. The fraction of sp³-hybridized carbons (Fsp3) is 0.400. The van der Waals surface area contributed by atoms with Crippen LogP contribution in [-0.2, 0) is 11.2 Å². The van der Waals surface area contributed by atoms with E-state index in [9.17, 15) is 15.3 Å². The van der Waals surface area contributed by atoms with E-state index in [-0.39, 0.29) is 6.61 Å². The summed E-state index contributed by atoms with van der Waals surface area (Å²) < 4.78 is 10.8. The Labute approximate surface area is 153 Å². The number of hydrogen-bond donors (Lipinski definition) is 3. The van der Waals surface area contributed by atoms with Crippen LogP contribution in [0.2, 0.25) is 0 Å². The van der Waals surface area contributed by atoms with Gasteiger partial charge in [0.1, 0.15) is 24.1 Å². The number of aliphatic hydroxyl groups excluding tert-OH is 3. The van der Waals surface area contributed by atoms with Crippen molar-refractivity contribution >= 4 is 5.69 Å². The van der Waals surface area contributed by atoms with Gasteiger partial charge in [-0.05, 0) is 41.8 Å². The second kappa shape index (κ2) is 8.05. The summed E-state index contributed by atoms with van der Waals surface area (Å²) in [6.45, 7) is -0.0794. The molecule has 26 heavy (non-hydrogen) atoms. The third kappa shape index (κ3) is 4.34. The molecule has 1 saturated heterocycles. The van der Waals surface area contributed by atoms with Gasteiger partial charge in [0.05, 0.1) is 6.61 Å². The van der Waals surface area contributed by atoms with Gasteiger partial charge in [0.2, 0.25) is 6.29 Å². The molecule has 0 aromatic heterocycles. The minimum Gasteiger partial charge on any atom is -0.462 e. The quantitative estimate of drug-likeness (QED) is 0.743. The summed E-state index contributed by atoms with van der Waals surface area (Å²) >= 11 is 0. The second-order valence-corrected chi connectivity index (χ2v) is 6.75. The Balaban J connectivity index is 1.60. The normalized spacial score (nSPS) is 25.7. The number of nitrogens with zero attached hydrogens (tertiary/aromatic N) is 1. The Morgan fingerprint density at radius 1 is 0.923 bits per heavy atom. The summed E-state index contributed by atoms with van der Waals surface area (Å²) in [4.78, 5) is 2.06. The molecule has 0 amide bonds. The Morgan fingerprint density at radius 2 is 1.50 bits per heavy atom. The Morgan fingerprint density at radius 3 is 2.08 bits per heavy atom. The molecular formula is C20H25NO5. The predicted molar refractivity (Wildman–Crippen MR) is 98.4 cm³/mol. The molecule has 0 radical (unpaired) electrons. The number of hydrogen-bond acceptors (Lipinski definition) is 6. The molecule has 3 rings (SSSR count). The first-order valence-electron chi connectivity index (χ1n) is 8.61. The molecular weight excluding hydrogens is 334 g/mol. The van der Waals surface area contributed by atoms with Crippen molar-refractivity contribution in [3.8, 4) is 5.75 Å². The lowest BCUT2D eigenvalue weighted by Gasteiger charge is -2.34. The summed E-state index contributed by atoms with van der Waals surface area (Å²) in [7, 11) is 4.03. The molecule has 1 fully saturated rings. The lowest BCUT2D eigenvalue weighted by molar-refractivity contribution is -0.242. The molecule has 1 aliphatic rings. The van der Waals surface area contributed by atoms with Crippen molar-refractivity contribution in [1.29, 1.82) is 0 Å². The average molecular weight is 359 g/mol. The van der Waals surface area contributed by atoms with E-state index in [0.717, 1.165) is 17.7 Å². The van der Waals surface area contributed by atoms with E-state index in [1.165, 1.54) is 5.56 Å². The van der Waals surface area contributed by atoms with Gasteiger partial charge in [-0.1, -0.05) is 24.3 Å². The molecule has 140 valence electrons. The standard InChI is InChI=1S/C20H25NO5/c1-21(2)15-7-3-13(4-8-15)11-14-5-9-16(10-6-14)26-20-19(24)18(23)17(22)12-25-20/h3-10,17-20,22-24H,11-12H2,1-2H3/t17-,18-,19+,20-/m0/s1. The van der Waals surface area contributed by atoms with Crippen LogP contribution in [0.25, 0.3) is 0 Å². The van der Waals surface area contributed by atoms with Gasteiger partial charge in [0.25, 0.3) is 0 Å². The highest BCUT2D eigenvalue weighted by molar-refractivity contribution is 5.46. The minimum atomic E-state index is -1.30. The van der Waals surface area contributed by atoms with Crippen LogP contribution in [-0.4, -0.2) is 60.6 Å². The zero-order valence-corrected chi connectivity index (χ0v) is 14.9. The van der Waals surface area contributed by atoms with Crippen LogP contribution >= 0.6 is 0 Å². The van der Waals surface area contributed by atoms with Gasteiger partial charge in [0, 0.05) is 19.8 Å². The molecule has 2 aromatic rings. The zero-order valence-electron chi connectivity index (χ0n) is 14.9. The molecule has 1 heterocycles. The maximum absolute atomic E-state index is 9.92. The van der Waals surface area contributed by atoms with E-state index in [2.05, 4.69) is 29.2 Å². The Bertz CT molecular complexity index is 701. The van der Waals surface area contributed by atoms with Crippen LogP contribution in [0, 0.1) is 0 Å². The lowest BCUT2D eigenvalue weighted by atomic mass is 10.0. The largest absolute Gasteiger partial charge is 0.462 e. The highest BCUT2D eigenvalue weighted by Gasteiger charge is 2.38. The van der Waals surface area contributed by atoms with Crippen LogP contribution in [0.1, 0.15) is 11.1 Å². The molecule has 1 aliphatic heterocycles. The van der Waals surface area contributed by atoms with E-state index in [4.69, 9.17) is 9.47 Å². The summed E-state index contributed by atoms with van der Waals surface area (Å²) in [5.74, 6) is 0.532. The molecule has 2 aromatic carbocycles. The number of ether oxygens (including phenoxy) is 2. The van der Waals surface area contributed by atoms with E-state index in [0.29, 0.717) is 5.75 Å². The maximum Gasteiger partial charge on any atom is 0.228 e. The van der Waals surface area contributed by atoms with Crippen molar-refractivity contribution in [2.45, 2.75) is 31.0 Å². The van der Waals surface area contributed by atoms with Crippen LogP contribution in [0.3, 0.4) is 0 Å². The number of anilines is 1. The molecule has 0 spiro atoms. The summed E-state index contributed by atoms with van der Waals surface area (Å²) in [5.41, 5.74) is 3.51. The fourth-order valence-electron chi connectivity index (χ4n) is 2.85. The van der Waals surface area contributed by atoms with Gasteiger partial charge in [-0.2, -0.15) is 0 Å². The molecule has 0 saturated carbocycles. The second-order valence-electron chi connectivity index (χ2n) is 6.75. The van der Waals surface area contributed by atoms with Crippen molar-refractivity contribution < 1.29 is 24.8 Å². The molecule has 3 N–H and O–H groups in total. The smallest absolute Gasteiger partial charge is 0.228 e. The topological polar surface area (TPSA) is 82.4 Å². The average Bonchev–Trinajstić information content (AvgIpc) is 2.64. The summed E-state index contributed by atoms with van der Waals surface area (Å²) in [6, 6.07) is 15.9. The fourth-order valence-corrected chi connectivity index (χ4v) is 2.85. The van der Waals surface area contributed by atoms with E-state index >= 15 is 0 Å². The first-order chi connectivity index (χ1) is 12.4. The van der Waals surface area contributed by atoms with Gasteiger partial charge in [0.15, 0.2) is 0 Å². The van der Waals surface area contributed by atoms with E-state index in [1.54, 1.807) is 12.1 Å². The molecule has 0 aliphatic carbocycles. The van der Waals surface area contributed by atoms with Crippen LogP contribution in [0.15, 0.2) is 48.5 Å². The van der Waals surface area contributed by atoms with Crippen molar-refractivity contribution in [2.24, 2.45) is 0 Å². The zero-order chi connectivity index (χ0) is 18.7. The van der Waals surface area contributed by atoms with Gasteiger partial charge >= 0.3 is 0 Å². The SMILES string of the molecule is CN(C)c1ccc(Cc2ccc(O[C@@H]3OC[C@H](O)[C@H](O)[C@H]3O)cc2)cc1. The number of rotatable bonds is 5. The third-order valence-electron chi connectivity index (χ3n) is 4.49. The Kier molecular flexibility index (Phi) is 5.78. The molecule has 6 nitrogen and oxygen atoms in total. The number of benzene rings is 2. The molecule has 6 heteroatoms. The van der Waals surface area contributed by atoms with Gasteiger partial charge in [-0.25, -0.2) is 0 Å². The third-order valence-corrected chi connectivity index (χ3v) is 4.49. The monoisotopic (exact) mass is 359 g/mol. The Hall–Kier alpha value is -2.12. The van der Waals surface area contributed by atoms with Crippen LogP contribution < -0.4 is 9.64 Å². The highest BCUT2D eigenvalue weighted by Crippen LogP contribution is 2.22. The van der Waals surface area contributed by atoms with E-state index < -0.39 is 24.6 Å². The number of aliphatic hydroxyl groups is 3. The lowest BCUT2D eigenvalue weighted by Crippen LogP contribution is -2.54. The van der Waals surface area contributed by atoms with Crippen molar-refractivity contribution in [2.75, 3.05) is 25.6 Å². The van der Waals surface area contributed by atoms with Crippen molar-refractivity contribution in [3.05, 3.63) is 59.7 Å². The van der Waals surface area contributed by atoms with Crippen LogP contribution in [0.4, 0.5) is 5.69 Å². The summed E-state index contributed by atoms with van der Waals surface area (Å²) in [5, 5.41) is 29.1. The predicted octanol–water partition coefficient (Wildman–Crippen LogP) is 1.16. The first-order valence-corrected chi connectivity index (χ1v) is 8.61. The van der Waals surface area contributed by atoms with Gasteiger partial charge in [-0.15, -0.1) is 0 Å². The van der Waals surface area contributed by atoms with Gasteiger partial charge < -0.3 is 29.7 Å². The van der Waals surface area contributed by atoms with Gasteiger partial charge in [-0.3, -0.25) is 0 Å². The molecule has 0 unspecified atom stereocenters. The van der Waals surface area contributed by atoms with Crippen molar-refractivity contribution in [1.82, 2.24) is 0 Å². The maximum atomic E-state index is 9.92. The molecule has 0 bridgehead atoms. The first kappa shape index (κ1) is 18.7. The van der Waals surface area contributed by atoms with Crippen LogP contribution in [0.5, 0.6) is 5.75 Å². The summed E-state index contributed by atoms with van der Waals surface area (Å²) in [6.07, 6.45) is -3.88. The molecule has 4 atom stereocenters. The minimum absolute atomic E-state index is 0.0794. The van der Waals surface area contributed by atoms with Crippen molar-refractivity contribution in [3.63, 3.8) is 0 Å².